The van der Waals surface area contributed by atoms with Crippen LogP contribution in [0.3, 0.4) is 0 Å². The van der Waals surface area contributed by atoms with E-state index in [9.17, 15) is 4.79 Å². The van der Waals surface area contributed by atoms with Crippen LogP contribution in [-0.4, -0.2) is 61.3 Å². The molecule has 0 spiro atoms. The third kappa shape index (κ3) is 4.40. The number of carbonyl (C=O) groups is 1. The van der Waals surface area contributed by atoms with Crippen LogP contribution in [0.15, 0.2) is 42.5 Å². The summed E-state index contributed by atoms with van der Waals surface area (Å²) in [7, 11) is 3.16. The highest BCUT2D eigenvalue weighted by atomic mass is 16.5. The van der Waals surface area contributed by atoms with Gasteiger partial charge in [0.15, 0.2) is 11.5 Å². The summed E-state index contributed by atoms with van der Waals surface area (Å²) in [6, 6.07) is 12.9. The van der Waals surface area contributed by atoms with Gasteiger partial charge in [-0.3, -0.25) is 0 Å². The second-order valence-corrected chi connectivity index (χ2v) is 7.26. The van der Waals surface area contributed by atoms with E-state index in [0.717, 1.165) is 18.7 Å². The van der Waals surface area contributed by atoms with Gasteiger partial charge in [-0.25, -0.2) is 9.78 Å². The second-order valence-electron chi connectivity index (χ2n) is 7.26. The molecule has 1 saturated heterocycles. The molecule has 1 aliphatic rings. The zero-order valence-electron chi connectivity index (χ0n) is 17.7. The van der Waals surface area contributed by atoms with Crippen LogP contribution in [0, 0.1) is 0 Å². The molecule has 0 saturated carbocycles. The topological polar surface area (TPSA) is 106 Å². The number of methoxy groups -OCH3 is 2. The van der Waals surface area contributed by atoms with Crippen molar-refractivity contribution in [3.05, 3.63) is 42.5 Å². The number of amides is 2. The average molecular weight is 422 g/mol. The summed E-state index contributed by atoms with van der Waals surface area (Å²) in [6.07, 6.45) is 0.801. The maximum absolute atomic E-state index is 12.6. The molecule has 2 amide bonds. The van der Waals surface area contributed by atoms with Crippen LogP contribution in [0.4, 0.5) is 22.2 Å². The van der Waals surface area contributed by atoms with Crippen molar-refractivity contribution in [2.24, 2.45) is 0 Å². The number of nitrogens with one attached hydrogen (secondary N) is 1. The Hall–Kier alpha value is -3.75. The van der Waals surface area contributed by atoms with Crippen molar-refractivity contribution in [1.82, 2.24) is 14.9 Å². The summed E-state index contributed by atoms with van der Waals surface area (Å²) < 4.78 is 10.7. The van der Waals surface area contributed by atoms with Crippen molar-refractivity contribution in [2.75, 3.05) is 56.3 Å². The Balaban J connectivity index is 1.51. The molecule has 1 aliphatic heterocycles. The molecule has 1 aromatic heterocycles. The number of hydrogen-bond donors (Lipinski definition) is 2. The first-order chi connectivity index (χ1) is 15.1. The minimum absolute atomic E-state index is 0.108. The molecule has 4 rings (SSSR count). The third-order valence-corrected chi connectivity index (χ3v) is 5.31. The average Bonchev–Trinajstić information content (AvgIpc) is 3.05. The van der Waals surface area contributed by atoms with Gasteiger partial charge in [0.25, 0.3) is 0 Å². The molecule has 1 fully saturated rings. The monoisotopic (exact) mass is 422 g/mol. The number of urea groups is 1. The lowest BCUT2D eigenvalue weighted by molar-refractivity contribution is 0.215. The summed E-state index contributed by atoms with van der Waals surface area (Å²) in [4.78, 5) is 25.7. The van der Waals surface area contributed by atoms with Crippen molar-refractivity contribution in [1.29, 1.82) is 0 Å². The normalized spacial score (nSPS) is 14.3. The predicted octanol–water partition coefficient (Wildman–Crippen LogP) is 2.97. The fourth-order valence-electron chi connectivity index (χ4n) is 3.65. The SMILES string of the molecule is COc1cc2nc(N3CCCN(C(=O)Nc4ccccc4)CC3)nc(N)c2cc1OC. The minimum Gasteiger partial charge on any atom is -0.493 e. The Labute approximate surface area is 180 Å². The number of anilines is 3. The molecule has 3 aromatic rings. The number of rotatable bonds is 4. The molecular formula is C22H26N6O3. The molecule has 9 heteroatoms. The third-order valence-electron chi connectivity index (χ3n) is 5.31. The van der Waals surface area contributed by atoms with Gasteiger partial charge in [0.1, 0.15) is 5.82 Å². The Morgan fingerprint density at radius 2 is 1.74 bits per heavy atom. The van der Waals surface area contributed by atoms with Gasteiger partial charge < -0.3 is 30.3 Å². The van der Waals surface area contributed by atoms with E-state index in [1.54, 1.807) is 26.4 Å². The van der Waals surface area contributed by atoms with Crippen LogP contribution < -0.4 is 25.4 Å². The molecule has 0 atom stereocenters. The van der Waals surface area contributed by atoms with Crippen LogP contribution in [0.25, 0.3) is 10.9 Å². The summed E-state index contributed by atoms with van der Waals surface area (Å²) in [5, 5.41) is 3.65. The van der Waals surface area contributed by atoms with Gasteiger partial charge in [-0.15, -0.1) is 0 Å². The Kier molecular flexibility index (Phi) is 5.92. The van der Waals surface area contributed by atoms with Crippen molar-refractivity contribution >= 4 is 34.4 Å². The first kappa shape index (κ1) is 20.5. The van der Waals surface area contributed by atoms with E-state index in [0.29, 0.717) is 53.8 Å². The number of fused-ring (bicyclic) bond motifs is 1. The number of aromatic nitrogens is 2. The molecule has 2 heterocycles. The summed E-state index contributed by atoms with van der Waals surface area (Å²) in [5.74, 6) is 2.08. The number of nitrogen functional groups attached to an aromatic ring is 1. The lowest BCUT2D eigenvalue weighted by Gasteiger charge is -2.23. The molecule has 3 N–H and O–H groups in total. The molecule has 162 valence electrons. The fraction of sp³-hybridized carbons (Fsp3) is 0.318. The van der Waals surface area contributed by atoms with Gasteiger partial charge >= 0.3 is 6.03 Å². The first-order valence-corrected chi connectivity index (χ1v) is 10.1. The number of ether oxygens (including phenoxy) is 2. The second kappa shape index (κ2) is 8.95. The van der Waals surface area contributed by atoms with Crippen molar-refractivity contribution in [3.8, 4) is 11.5 Å². The number of nitrogens with zero attached hydrogens (tertiary/aromatic N) is 4. The lowest BCUT2D eigenvalue weighted by Crippen LogP contribution is -2.38. The largest absolute Gasteiger partial charge is 0.493 e. The molecular weight excluding hydrogens is 396 g/mol. The molecule has 0 bridgehead atoms. The number of benzene rings is 2. The van der Waals surface area contributed by atoms with E-state index in [1.807, 2.05) is 35.2 Å². The summed E-state index contributed by atoms with van der Waals surface area (Å²) in [6.45, 7) is 2.56. The van der Waals surface area contributed by atoms with Gasteiger partial charge in [-0.2, -0.15) is 4.98 Å². The molecule has 0 aliphatic carbocycles. The molecule has 0 radical (unpaired) electrons. The van der Waals surface area contributed by atoms with E-state index in [4.69, 9.17) is 20.2 Å². The van der Waals surface area contributed by atoms with Crippen LogP contribution in [-0.2, 0) is 0 Å². The quantitative estimate of drug-likeness (QED) is 0.666. The van der Waals surface area contributed by atoms with Gasteiger partial charge in [0.2, 0.25) is 5.95 Å². The zero-order valence-corrected chi connectivity index (χ0v) is 17.7. The Morgan fingerprint density at radius 3 is 2.48 bits per heavy atom. The highest BCUT2D eigenvalue weighted by molar-refractivity contribution is 5.92. The lowest BCUT2D eigenvalue weighted by atomic mass is 10.2. The van der Waals surface area contributed by atoms with Crippen molar-refractivity contribution in [3.63, 3.8) is 0 Å². The highest BCUT2D eigenvalue weighted by Gasteiger charge is 2.22. The van der Waals surface area contributed by atoms with E-state index < -0.39 is 0 Å². The van der Waals surface area contributed by atoms with E-state index in [1.165, 1.54) is 0 Å². The number of nitrogens with two attached hydrogens (primary N) is 1. The van der Waals surface area contributed by atoms with Gasteiger partial charge in [-0.05, 0) is 24.6 Å². The van der Waals surface area contributed by atoms with Gasteiger partial charge in [0, 0.05) is 43.3 Å². The Morgan fingerprint density at radius 1 is 1.00 bits per heavy atom. The van der Waals surface area contributed by atoms with E-state index >= 15 is 0 Å². The highest BCUT2D eigenvalue weighted by Crippen LogP contribution is 2.34. The molecule has 2 aromatic carbocycles. The number of carbonyl (C=O) groups excluding carboxylic acids is 1. The maximum Gasteiger partial charge on any atom is 0.321 e. The Bertz CT molecular complexity index is 1080. The van der Waals surface area contributed by atoms with Gasteiger partial charge in [-0.1, -0.05) is 18.2 Å². The molecule has 0 unspecified atom stereocenters. The maximum atomic E-state index is 12.6. The zero-order chi connectivity index (χ0) is 21.8. The van der Waals surface area contributed by atoms with E-state index in [-0.39, 0.29) is 6.03 Å². The van der Waals surface area contributed by atoms with Crippen LogP contribution in [0.5, 0.6) is 11.5 Å². The molecule has 9 nitrogen and oxygen atoms in total. The van der Waals surface area contributed by atoms with Crippen molar-refractivity contribution in [2.45, 2.75) is 6.42 Å². The minimum atomic E-state index is -0.108. The molecule has 31 heavy (non-hydrogen) atoms. The van der Waals surface area contributed by atoms with Crippen LogP contribution >= 0.6 is 0 Å². The van der Waals surface area contributed by atoms with Crippen LogP contribution in [0.1, 0.15) is 6.42 Å². The summed E-state index contributed by atoms with van der Waals surface area (Å²) >= 11 is 0. The van der Waals surface area contributed by atoms with Crippen LogP contribution in [0.2, 0.25) is 0 Å². The fourth-order valence-corrected chi connectivity index (χ4v) is 3.65. The van der Waals surface area contributed by atoms with Gasteiger partial charge in [0.05, 0.1) is 19.7 Å². The van der Waals surface area contributed by atoms with E-state index in [2.05, 4.69) is 15.2 Å². The smallest absolute Gasteiger partial charge is 0.321 e. The number of hydrogen-bond acceptors (Lipinski definition) is 7. The predicted molar refractivity (Wildman–Crippen MR) is 121 cm³/mol. The standard InChI is InChI=1S/C22H26N6O3/c1-30-18-13-16-17(14-19(18)31-2)25-21(26-20(16)23)27-9-6-10-28(12-11-27)22(29)24-15-7-4-3-5-8-15/h3-5,7-8,13-14H,6,9-12H2,1-2H3,(H,24,29)(H2,23,25,26). The summed E-state index contributed by atoms with van der Waals surface area (Å²) in [5.41, 5.74) is 7.70. The van der Waals surface area contributed by atoms with Crippen molar-refractivity contribution < 1.29 is 14.3 Å². The first-order valence-electron chi connectivity index (χ1n) is 10.1. The number of para-hydroxylation sites is 1.